The van der Waals surface area contributed by atoms with Crippen LogP contribution >= 0.6 is 0 Å². The van der Waals surface area contributed by atoms with E-state index in [-0.39, 0.29) is 5.82 Å². The van der Waals surface area contributed by atoms with E-state index in [0.29, 0.717) is 12.1 Å². The molecule has 0 fully saturated rings. The second-order valence-corrected chi connectivity index (χ2v) is 4.76. The van der Waals surface area contributed by atoms with Crippen LogP contribution in [0, 0.1) is 19.7 Å². The number of nitrogens with zero attached hydrogens (tertiary/aromatic N) is 2. The van der Waals surface area contributed by atoms with Gasteiger partial charge in [0.1, 0.15) is 5.82 Å². The summed E-state index contributed by atoms with van der Waals surface area (Å²) in [5, 5.41) is 7.53. The molecule has 0 spiro atoms. The highest BCUT2D eigenvalue weighted by Gasteiger charge is 2.15. The van der Waals surface area contributed by atoms with Crippen LogP contribution in [0.1, 0.15) is 23.9 Å². The second kappa shape index (κ2) is 5.53. The molecule has 2 rings (SSSR count). The number of nitrogens with one attached hydrogen (secondary N) is 1. The minimum Gasteiger partial charge on any atom is -0.313 e. The minimum atomic E-state index is -0.186. The molecule has 0 amide bonds. The maximum absolute atomic E-state index is 14.3. The van der Waals surface area contributed by atoms with Crippen LogP contribution in [0.3, 0.4) is 0 Å². The smallest absolute Gasteiger partial charge is 0.131 e. The van der Waals surface area contributed by atoms with Gasteiger partial charge in [-0.05, 0) is 32.0 Å². The summed E-state index contributed by atoms with van der Waals surface area (Å²) < 4.78 is 16.1. The molecule has 0 atom stereocenters. The van der Waals surface area contributed by atoms with Crippen molar-refractivity contribution in [3.8, 4) is 11.1 Å². The molecule has 0 aliphatic carbocycles. The Morgan fingerprint density at radius 3 is 2.58 bits per heavy atom. The zero-order valence-electron chi connectivity index (χ0n) is 11.9. The summed E-state index contributed by atoms with van der Waals surface area (Å²) in [5.41, 5.74) is 4.33. The van der Waals surface area contributed by atoms with Crippen molar-refractivity contribution >= 4 is 0 Å². The predicted octanol–water partition coefficient (Wildman–Crippen LogP) is 2.95. The van der Waals surface area contributed by atoms with Crippen LogP contribution in [-0.4, -0.2) is 16.3 Å². The number of rotatable bonds is 4. The molecule has 0 aliphatic rings. The number of hydrogen-bond donors (Lipinski definition) is 1. The van der Waals surface area contributed by atoms with E-state index in [1.54, 1.807) is 10.7 Å². The average Bonchev–Trinajstić information content (AvgIpc) is 2.62. The molecule has 0 bridgehead atoms. The van der Waals surface area contributed by atoms with Crippen molar-refractivity contribution in [2.24, 2.45) is 7.05 Å². The molecule has 0 unspecified atom stereocenters. The van der Waals surface area contributed by atoms with E-state index in [1.165, 1.54) is 0 Å². The highest BCUT2D eigenvalue weighted by Crippen LogP contribution is 2.29. The van der Waals surface area contributed by atoms with Gasteiger partial charge in [-0.2, -0.15) is 5.10 Å². The lowest BCUT2D eigenvalue weighted by atomic mass is 10.0. The quantitative estimate of drug-likeness (QED) is 0.917. The molecule has 4 heteroatoms. The zero-order chi connectivity index (χ0) is 14.0. The van der Waals surface area contributed by atoms with Crippen LogP contribution in [0.15, 0.2) is 18.2 Å². The SMILES string of the molecule is CCNCc1ccc(-c2c(C)nn(C)c2C)c(F)c1. The Hall–Kier alpha value is -1.68. The fourth-order valence-corrected chi connectivity index (χ4v) is 2.30. The number of hydrogen-bond acceptors (Lipinski definition) is 2. The summed E-state index contributed by atoms with van der Waals surface area (Å²) in [7, 11) is 1.88. The van der Waals surface area contributed by atoms with Crippen molar-refractivity contribution in [1.29, 1.82) is 0 Å². The van der Waals surface area contributed by atoms with Gasteiger partial charge in [0.05, 0.1) is 5.69 Å². The van der Waals surface area contributed by atoms with Crippen LogP contribution in [0.2, 0.25) is 0 Å². The molecule has 0 saturated heterocycles. The molecule has 3 nitrogen and oxygen atoms in total. The first kappa shape index (κ1) is 13.7. The largest absolute Gasteiger partial charge is 0.313 e. The molecule has 0 radical (unpaired) electrons. The lowest BCUT2D eigenvalue weighted by Gasteiger charge is -2.07. The Morgan fingerprint density at radius 1 is 1.32 bits per heavy atom. The molecule has 19 heavy (non-hydrogen) atoms. The van der Waals surface area contributed by atoms with Crippen LogP contribution in [-0.2, 0) is 13.6 Å². The molecule has 2 aromatic rings. The summed E-state index contributed by atoms with van der Waals surface area (Å²) in [5.74, 6) is -0.186. The van der Waals surface area contributed by atoms with Crippen molar-refractivity contribution in [3.63, 3.8) is 0 Å². The van der Waals surface area contributed by atoms with Gasteiger partial charge in [0.25, 0.3) is 0 Å². The predicted molar refractivity (Wildman–Crippen MR) is 75.5 cm³/mol. The number of benzene rings is 1. The van der Waals surface area contributed by atoms with Crippen molar-refractivity contribution in [1.82, 2.24) is 15.1 Å². The third-order valence-corrected chi connectivity index (χ3v) is 3.39. The maximum Gasteiger partial charge on any atom is 0.131 e. The van der Waals surface area contributed by atoms with E-state index in [1.807, 2.05) is 40.0 Å². The lowest BCUT2D eigenvalue weighted by Crippen LogP contribution is -2.11. The monoisotopic (exact) mass is 261 g/mol. The van der Waals surface area contributed by atoms with E-state index in [4.69, 9.17) is 0 Å². The molecule has 0 saturated carbocycles. The fourth-order valence-electron chi connectivity index (χ4n) is 2.30. The Bertz CT molecular complexity index is 587. The molecular weight excluding hydrogens is 241 g/mol. The summed E-state index contributed by atoms with van der Waals surface area (Å²) in [6.07, 6.45) is 0. The molecule has 0 aliphatic heterocycles. The zero-order valence-corrected chi connectivity index (χ0v) is 11.9. The normalized spacial score (nSPS) is 11.0. The molecule has 1 aromatic carbocycles. The van der Waals surface area contributed by atoms with Crippen molar-refractivity contribution in [2.75, 3.05) is 6.54 Å². The Labute approximate surface area is 113 Å². The average molecular weight is 261 g/mol. The fraction of sp³-hybridized carbons (Fsp3) is 0.400. The molecule has 1 heterocycles. The van der Waals surface area contributed by atoms with Crippen LogP contribution in [0.4, 0.5) is 4.39 Å². The minimum absolute atomic E-state index is 0.186. The van der Waals surface area contributed by atoms with E-state index in [9.17, 15) is 4.39 Å². The van der Waals surface area contributed by atoms with Gasteiger partial charge in [-0.15, -0.1) is 0 Å². The van der Waals surface area contributed by atoms with Crippen molar-refractivity contribution < 1.29 is 4.39 Å². The first-order valence-electron chi connectivity index (χ1n) is 6.54. The van der Waals surface area contributed by atoms with Gasteiger partial charge < -0.3 is 5.32 Å². The number of aryl methyl sites for hydroxylation is 2. The molecule has 1 aromatic heterocycles. The maximum atomic E-state index is 14.3. The summed E-state index contributed by atoms with van der Waals surface area (Å²) in [6.45, 7) is 7.48. The lowest BCUT2D eigenvalue weighted by molar-refractivity contribution is 0.625. The van der Waals surface area contributed by atoms with E-state index in [0.717, 1.165) is 29.1 Å². The number of halogens is 1. The highest BCUT2D eigenvalue weighted by molar-refractivity contribution is 5.69. The van der Waals surface area contributed by atoms with Crippen molar-refractivity contribution in [2.45, 2.75) is 27.3 Å². The van der Waals surface area contributed by atoms with E-state index in [2.05, 4.69) is 10.4 Å². The van der Waals surface area contributed by atoms with Crippen LogP contribution in [0.25, 0.3) is 11.1 Å². The van der Waals surface area contributed by atoms with E-state index < -0.39 is 0 Å². The Kier molecular flexibility index (Phi) is 4.00. The van der Waals surface area contributed by atoms with Crippen molar-refractivity contribution in [3.05, 3.63) is 41.0 Å². The molecule has 1 N–H and O–H groups in total. The second-order valence-electron chi connectivity index (χ2n) is 4.76. The highest BCUT2D eigenvalue weighted by atomic mass is 19.1. The Balaban J connectivity index is 2.40. The standard InChI is InChI=1S/C15H20FN3/c1-5-17-9-12-6-7-13(14(16)8-12)15-10(2)18-19(4)11(15)3/h6-8,17H,5,9H2,1-4H3. The van der Waals surface area contributed by atoms with Crippen LogP contribution < -0.4 is 5.32 Å². The Morgan fingerprint density at radius 2 is 2.05 bits per heavy atom. The van der Waals surface area contributed by atoms with Gasteiger partial charge in [-0.3, -0.25) is 4.68 Å². The van der Waals surface area contributed by atoms with Gasteiger partial charge in [0, 0.05) is 30.4 Å². The van der Waals surface area contributed by atoms with Gasteiger partial charge in [-0.1, -0.05) is 19.1 Å². The summed E-state index contributed by atoms with van der Waals surface area (Å²) in [6, 6.07) is 5.41. The topological polar surface area (TPSA) is 29.9 Å². The first-order chi connectivity index (χ1) is 9.04. The third kappa shape index (κ3) is 2.68. The summed E-state index contributed by atoms with van der Waals surface area (Å²) >= 11 is 0. The number of aromatic nitrogens is 2. The van der Waals surface area contributed by atoms with Gasteiger partial charge in [0.2, 0.25) is 0 Å². The first-order valence-corrected chi connectivity index (χ1v) is 6.54. The summed E-state index contributed by atoms with van der Waals surface area (Å²) in [4.78, 5) is 0. The van der Waals surface area contributed by atoms with Gasteiger partial charge in [0.15, 0.2) is 0 Å². The van der Waals surface area contributed by atoms with Gasteiger partial charge in [-0.25, -0.2) is 4.39 Å². The third-order valence-electron chi connectivity index (χ3n) is 3.39. The molecular formula is C15H20FN3. The van der Waals surface area contributed by atoms with E-state index >= 15 is 0 Å². The molecule has 102 valence electrons. The van der Waals surface area contributed by atoms with Gasteiger partial charge >= 0.3 is 0 Å². The van der Waals surface area contributed by atoms with Crippen LogP contribution in [0.5, 0.6) is 0 Å².